The van der Waals surface area contributed by atoms with Gasteiger partial charge in [0.2, 0.25) is 5.91 Å². The quantitative estimate of drug-likeness (QED) is 0.301. The highest BCUT2D eigenvalue weighted by Crippen LogP contribution is 2.35. The van der Waals surface area contributed by atoms with E-state index in [4.69, 9.17) is 21.9 Å². The van der Waals surface area contributed by atoms with Crippen LogP contribution in [-0.4, -0.2) is 68.9 Å². The Morgan fingerprint density at radius 3 is 2.74 bits per heavy atom. The van der Waals surface area contributed by atoms with E-state index in [0.29, 0.717) is 25.4 Å². The van der Waals surface area contributed by atoms with Crippen molar-refractivity contribution in [3.63, 3.8) is 0 Å². The summed E-state index contributed by atoms with van der Waals surface area (Å²) in [5.41, 5.74) is 23.5. The molecule has 180 valence electrons. The Morgan fingerprint density at radius 2 is 2.09 bits per heavy atom. The van der Waals surface area contributed by atoms with Crippen LogP contribution in [-0.2, 0) is 9.53 Å². The van der Waals surface area contributed by atoms with Crippen molar-refractivity contribution >= 4 is 49.9 Å². The molecule has 1 amide bonds. The number of benzene rings is 1. The maximum Gasteiger partial charge on any atom is 0.241 e. The van der Waals surface area contributed by atoms with Crippen LogP contribution in [0.25, 0.3) is 15.8 Å². The summed E-state index contributed by atoms with van der Waals surface area (Å²) < 4.78 is 6.39. The smallest absolute Gasteiger partial charge is 0.241 e. The standard InChI is InChI=1S/C24H31N7O2S/c1-28-13-16(12-25)15-3-4-17(18(26)9-15)24(27)20-10-21-19(29-20)11-23(34-21)30(2)22(32)14-31-5-7-33-8-6-31/h3-4,9-13,24,29H,5-8,14,25-27H2,1-2H3. The molecule has 1 aromatic carbocycles. The van der Waals surface area contributed by atoms with Crippen LogP contribution < -0.4 is 22.1 Å². The monoisotopic (exact) mass is 481 g/mol. The van der Waals surface area contributed by atoms with Crippen molar-refractivity contribution in [1.82, 2.24) is 9.88 Å². The van der Waals surface area contributed by atoms with Gasteiger partial charge in [-0.15, -0.1) is 11.3 Å². The second-order valence-electron chi connectivity index (χ2n) is 8.26. The van der Waals surface area contributed by atoms with Gasteiger partial charge in [0, 0.05) is 56.6 Å². The van der Waals surface area contributed by atoms with Gasteiger partial charge in [0.1, 0.15) is 5.00 Å². The Hall–Kier alpha value is -3.18. The predicted octanol–water partition coefficient (Wildman–Crippen LogP) is 2.15. The lowest BCUT2D eigenvalue weighted by molar-refractivity contribution is -0.120. The first kappa shape index (κ1) is 24.0. The number of nitrogens with two attached hydrogens (primary N) is 3. The molecule has 3 heterocycles. The number of aliphatic imine (C=N–C) groups is 1. The highest BCUT2D eigenvalue weighted by molar-refractivity contribution is 7.23. The first-order valence-corrected chi connectivity index (χ1v) is 11.9. The van der Waals surface area contributed by atoms with Crippen molar-refractivity contribution in [3.8, 4) is 0 Å². The molecule has 10 heteroatoms. The molecule has 0 bridgehead atoms. The molecule has 1 atom stereocenters. The fourth-order valence-corrected chi connectivity index (χ4v) is 5.05. The summed E-state index contributed by atoms with van der Waals surface area (Å²) in [5.74, 6) is 0.0645. The minimum absolute atomic E-state index is 0.0645. The fraction of sp³-hybridized carbons (Fsp3) is 0.333. The predicted molar refractivity (Wildman–Crippen MR) is 140 cm³/mol. The molecule has 0 aliphatic carbocycles. The molecule has 2 aromatic heterocycles. The van der Waals surface area contributed by atoms with Gasteiger partial charge in [-0.2, -0.15) is 0 Å². The number of aromatic amines is 1. The van der Waals surface area contributed by atoms with Crippen molar-refractivity contribution in [3.05, 3.63) is 53.4 Å². The first-order valence-electron chi connectivity index (χ1n) is 11.1. The maximum atomic E-state index is 12.7. The van der Waals surface area contributed by atoms with Crippen LogP contribution in [0.2, 0.25) is 0 Å². The zero-order valence-electron chi connectivity index (χ0n) is 19.5. The summed E-state index contributed by atoms with van der Waals surface area (Å²) in [7, 11) is 3.51. The molecular weight excluding hydrogens is 450 g/mol. The largest absolute Gasteiger partial charge is 0.404 e. The van der Waals surface area contributed by atoms with Crippen molar-refractivity contribution in [2.75, 3.05) is 57.6 Å². The second kappa shape index (κ2) is 10.4. The number of morpholine rings is 1. The Morgan fingerprint density at radius 1 is 1.32 bits per heavy atom. The Bertz CT molecular complexity index is 1190. The van der Waals surface area contributed by atoms with E-state index in [-0.39, 0.29) is 5.91 Å². The number of rotatable bonds is 7. The number of hydrogen-bond acceptors (Lipinski definition) is 8. The van der Waals surface area contributed by atoms with Crippen LogP contribution in [0.15, 0.2) is 41.5 Å². The van der Waals surface area contributed by atoms with Crippen LogP contribution in [0.4, 0.5) is 10.7 Å². The van der Waals surface area contributed by atoms with Gasteiger partial charge in [0.15, 0.2) is 0 Å². The van der Waals surface area contributed by atoms with Crippen molar-refractivity contribution < 1.29 is 9.53 Å². The number of fused-ring (bicyclic) bond motifs is 1. The van der Waals surface area contributed by atoms with Gasteiger partial charge in [-0.25, -0.2) is 0 Å². The number of nitrogens with one attached hydrogen (secondary N) is 1. The lowest BCUT2D eigenvalue weighted by Crippen LogP contribution is -2.43. The topological polar surface area (TPSA) is 139 Å². The summed E-state index contributed by atoms with van der Waals surface area (Å²) in [6, 6.07) is 9.31. The van der Waals surface area contributed by atoms with E-state index in [9.17, 15) is 4.79 Å². The zero-order valence-corrected chi connectivity index (χ0v) is 20.3. The lowest BCUT2D eigenvalue weighted by atomic mass is 9.98. The van der Waals surface area contributed by atoms with Crippen molar-refractivity contribution in [2.24, 2.45) is 16.5 Å². The summed E-state index contributed by atoms with van der Waals surface area (Å²) in [6.45, 7) is 3.31. The number of hydrogen-bond donors (Lipinski definition) is 4. The number of carbonyl (C=O) groups is 1. The lowest BCUT2D eigenvalue weighted by Gasteiger charge is -2.27. The molecule has 1 saturated heterocycles. The van der Waals surface area contributed by atoms with Gasteiger partial charge in [-0.05, 0) is 29.3 Å². The van der Waals surface area contributed by atoms with Crippen molar-refractivity contribution in [1.29, 1.82) is 0 Å². The number of allylic oxidation sites excluding steroid dienone is 1. The van der Waals surface area contributed by atoms with Gasteiger partial charge < -0.3 is 31.8 Å². The van der Waals surface area contributed by atoms with Crippen LogP contribution in [0.3, 0.4) is 0 Å². The molecule has 1 fully saturated rings. The van der Waals surface area contributed by atoms with Gasteiger partial charge in [-0.3, -0.25) is 14.7 Å². The average molecular weight is 482 g/mol. The molecule has 34 heavy (non-hydrogen) atoms. The Labute approximate surface area is 202 Å². The van der Waals surface area contributed by atoms with Crippen LogP contribution in [0.1, 0.15) is 22.9 Å². The third-order valence-corrected chi connectivity index (χ3v) is 7.18. The molecule has 7 N–H and O–H groups in total. The highest BCUT2D eigenvalue weighted by atomic mass is 32.1. The van der Waals surface area contributed by atoms with Crippen molar-refractivity contribution in [2.45, 2.75) is 6.04 Å². The first-order chi connectivity index (χ1) is 16.4. The minimum Gasteiger partial charge on any atom is -0.404 e. The third-order valence-electron chi connectivity index (χ3n) is 6.02. The van der Waals surface area contributed by atoms with E-state index >= 15 is 0 Å². The van der Waals surface area contributed by atoms with Crippen LogP contribution in [0.5, 0.6) is 0 Å². The molecule has 1 aliphatic rings. The number of aromatic nitrogens is 1. The van der Waals surface area contributed by atoms with Gasteiger partial charge in [0.25, 0.3) is 0 Å². The van der Waals surface area contributed by atoms with E-state index in [0.717, 1.165) is 50.7 Å². The number of anilines is 2. The zero-order chi connectivity index (χ0) is 24.2. The number of likely N-dealkylation sites (N-methyl/N-ethyl adjacent to an activating group) is 1. The SMILES string of the molecule is CN=CC(=CN)c1ccc(C(N)c2cc3sc(N(C)C(=O)CN4CCOCC4)cc3[nH]2)c(N)c1. The van der Waals surface area contributed by atoms with E-state index < -0.39 is 6.04 Å². The summed E-state index contributed by atoms with van der Waals surface area (Å²) in [4.78, 5) is 24.0. The summed E-state index contributed by atoms with van der Waals surface area (Å²) >= 11 is 1.56. The Balaban J connectivity index is 1.49. The molecule has 0 spiro atoms. The number of nitrogen functional groups attached to an aromatic ring is 1. The van der Waals surface area contributed by atoms with E-state index in [1.54, 1.807) is 29.5 Å². The summed E-state index contributed by atoms with van der Waals surface area (Å²) in [5, 5.41) is 0.891. The number of carbonyl (C=O) groups excluding carboxylic acids is 1. The fourth-order valence-electron chi connectivity index (χ4n) is 4.00. The molecule has 0 saturated carbocycles. The second-order valence-corrected chi connectivity index (χ2v) is 9.32. The van der Waals surface area contributed by atoms with E-state index in [1.165, 1.54) is 6.20 Å². The number of amides is 1. The van der Waals surface area contributed by atoms with Crippen LogP contribution in [0, 0.1) is 0 Å². The average Bonchev–Trinajstić information content (AvgIpc) is 3.42. The molecular formula is C24H31N7O2S. The molecule has 3 aromatic rings. The van der Waals surface area contributed by atoms with E-state index in [1.807, 2.05) is 37.4 Å². The van der Waals surface area contributed by atoms with Gasteiger partial charge in [0.05, 0.1) is 36.0 Å². The maximum absolute atomic E-state index is 12.7. The third kappa shape index (κ3) is 5.00. The van der Waals surface area contributed by atoms with Crippen LogP contribution >= 0.6 is 11.3 Å². The van der Waals surface area contributed by atoms with Gasteiger partial charge in [-0.1, -0.05) is 12.1 Å². The molecule has 1 aliphatic heterocycles. The highest BCUT2D eigenvalue weighted by Gasteiger charge is 2.21. The minimum atomic E-state index is -0.414. The molecule has 0 radical (unpaired) electrons. The number of H-pyrrole nitrogens is 1. The molecule has 9 nitrogen and oxygen atoms in total. The number of nitrogens with zero attached hydrogens (tertiary/aromatic N) is 3. The number of ether oxygens (including phenoxy) is 1. The van der Waals surface area contributed by atoms with Gasteiger partial charge >= 0.3 is 0 Å². The summed E-state index contributed by atoms with van der Waals surface area (Å²) in [6.07, 6.45) is 3.19. The molecule has 1 unspecified atom stereocenters. The van der Waals surface area contributed by atoms with E-state index in [2.05, 4.69) is 14.9 Å². The normalized spacial score (nSPS) is 16.4. The Kier molecular flexibility index (Phi) is 7.32. The molecule has 4 rings (SSSR count). The number of thiophene rings is 1.